The van der Waals surface area contributed by atoms with Crippen LogP contribution in [-0.2, 0) is 0 Å². The number of piperidine rings is 3. The molecule has 2 aromatic heterocycles. The van der Waals surface area contributed by atoms with Crippen LogP contribution in [0, 0.1) is 17.8 Å². The molecular weight excluding hydrogens is 324 g/mol. The van der Waals surface area contributed by atoms with E-state index in [-0.39, 0.29) is 12.4 Å². The van der Waals surface area contributed by atoms with Crippen molar-refractivity contribution in [2.24, 2.45) is 17.8 Å². The molecule has 0 amide bonds. The predicted molar refractivity (Wildman–Crippen MR) is 93.1 cm³/mol. The SMILES string of the molecule is Cl.c1ncc(-c2cncc(OC3C4CC5CC3CN(C5)C4)c2)cn1. The second-order valence-electron chi connectivity index (χ2n) is 7.20. The molecule has 4 fully saturated rings. The zero-order valence-corrected chi connectivity index (χ0v) is 14.2. The molecule has 1 aliphatic carbocycles. The molecule has 2 atom stereocenters. The molecule has 3 aliphatic heterocycles. The van der Waals surface area contributed by atoms with Crippen molar-refractivity contribution < 1.29 is 4.74 Å². The first-order chi connectivity index (χ1) is 11.3. The Morgan fingerprint density at radius 2 is 1.58 bits per heavy atom. The molecule has 6 rings (SSSR count). The van der Waals surface area contributed by atoms with Crippen LogP contribution in [-0.4, -0.2) is 45.6 Å². The highest BCUT2D eigenvalue weighted by Crippen LogP contribution is 2.45. The normalized spacial score (nSPS) is 33.1. The van der Waals surface area contributed by atoms with Crippen LogP contribution in [0.5, 0.6) is 5.75 Å². The maximum Gasteiger partial charge on any atom is 0.138 e. The number of nitrogens with zero attached hydrogens (tertiary/aromatic N) is 4. The minimum absolute atomic E-state index is 0. The van der Waals surface area contributed by atoms with Crippen LogP contribution in [0.4, 0.5) is 0 Å². The topological polar surface area (TPSA) is 51.1 Å². The zero-order valence-electron chi connectivity index (χ0n) is 13.4. The van der Waals surface area contributed by atoms with Crippen molar-refractivity contribution in [2.45, 2.75) is 18.9 Å². The minimum atomic E-state index is 0. The van der Waals surface area contributed by atoms with E-state index < -0.39 is 0 Å². The molecule has 0 N–H and O–H groups in total. The summed E-state index contributed by atoms with van der Waals surface area (Å²) >= 11 is 0. The Hall–Kier alpha value is -1.72. The van der Waals surface area contributed by atoms with Gasteiger partial charge < -0.3 is 9.64 Å². The van der Waals surface area contributed by atoms with Gasteiger partial charge in [0, 0.05) is 61.2 Å². The molecule has 2 unspecified atom stereocenters. The average Bonchev–Trinajstić information content (AvgIpc) is 2.59. The van der Waals surface area contributed by atoms with Crippen LogP contribution in [0.15, 0.2) is 37.2 Å². The van der Waals surface area contributed by atoms with Gasteiger partial charge in [0.05, 0.1) is 6.20 Å². The summed E-state index contributed by atoms with van der Waals surface area (Å²) in [5.41, 5.74) is 1.98. The fourth-order valence-corrected chi connectivity index (χ4v) is 4.80. The fourth-order valence-electron chi connectivity index (χ4n) is 4.80. The van der Waals surface area contributed by atoms with Crippen molar-refractivity contribution in [2.75, 3.05) is 19.6 Å². The number of rotatable bonds is 3. The van der Waals surface area contributed by atoms with Gasteiger partial charge >= 0.3 is 0 Å². The second kappa shape index (κ2) is 6.30. The van der Waals surface area contributed by atoms with Gasteiger partial charge in [0.1, 0.15) is 18.2 Å². The summed E-state index contributed by atoms with van der Waals surface area (Å²) in [6.07, 6.45) is 11.9. The average molecular weight is 345 g/mol. The zero-order chi connectivity index (χ0) is 15.2. The monoisotopic (exact) mass is 344 g/mol. The number of pyridine rings is 1. The van der Waals surface area contributed by atoms with Gasteiger partial charge in [0.15, 0.2) is 0 Å². The molecule has 6 heteroatoms. The number of hydrogen-bond donors (Lipinski definition) is 0. The number of ether oxygens (including phenoxy) is 1. The van der Waals surface area contributed by atoms with Crippen molar-refractivity contribution in [3.05, 3.63) is 37.2 Å². The highest BCUT2D eigenvalue weighted by molar-refractivity contribution is 5.85. The van der Waals surface area contributed by atoms with Gasteiger partial charge in [-0.05, 0) is 24.8 Å². The van der Waals surface area contributed by atoms with E-state index in [2.05, 4.69) is 25.9 Å². The van der Waals surface area contributed by atoms with Gasteiger partial charge in [-0.2, -0.15) is 0 Å². The number of hydrogen-bond acceptors (Lipinski definition) is 5. The molecule has 1 saturated carbocycles. The standard InChI is InChI=1S/C18H20N4O.ClH/c1-12-2-15-10-22(8-12)9-14(1)18(15)23-17-3-13(4-19-7-17)16-5-20-11-21-6-16;/h3-7,11-12,14-15,18H,1-2,8-10H2;1H. The van der Waals surface area contributed by atoms with E-state index in [1.807, 2.05) is 24.8 Å². The first-order valence-electron chi connectivity index (χ1n) is 8.44. The number of halogens is 1. The van der Waals surface area contributed by atoms with Crippen LogP contribution >= 0.6 is 12.4 Å². The molecule has 0 radical (unpaired) electrons. The summed E-state index contributed by atoms with van der Waals surface area (Å²) in [5.74, 6) is 3.15. The van der Waals surface area contributed by atoms with Crippen LogP contribution in [0.3, 0.4) is 0 Å². The summed E-state index contributed by atoms with van der Waals surface area (Å²) in [6.45, 7) is 3.72. The van der Waals surface area contributed by atoms with Crippen molar-refractivity contribution in [1.82, 2.24) is 19.9 Å². The van der Waals surface area contributed by atoms with Crippen molar-refractivity contribution >= 4 is 12.4 Å². The highest BCUT2D eigenvalue weighted by Gasteiger charge is 2.48. The van der Waals surface area contributed by atoms with Gasteiger partial charge in [-0.25, -0.2) is 9.97 Å². The van der Waals surface area contributed by atoms with Gasteiger partial charge in [-0.1, -0.05) is 0 Å². The molecule has 126 valence electrons. The fraction of sp³-hybridized carbons (Fsp3) is 0.500. The van der Waals surface area contributed by atoms with Gasteiger partial charge in [-0.3, -0.25) is 4.98 Å². The first kappa shape index (κ1) is 15.8. The summed E-state index contributed by atoms with van der Waals surface area (Å²) in [4.78, 5) is 15.1. The van der Waals surface area contributed by atoms with E-state index in [1.165, 1.54) is 32.5 Å². The molecule has 5 nitrogen and oxygen atoms in total. The lowest BCUT2D eigenvalue weighted by Gasteiger charge is -2.55. The summed E-state index contributed by atoms with van der Waals surface area (Å²) < 4.78 is 6.42. The Kier molecular flexibility index (Phi) is 4.14. The maximum atomic E-state index is 6.42. The lowest BCUT2D eigenvalue weighted by molar-refractivity contribution is -0.0985. The Labute approximate surface area is 147 Å². The van der Waals surface area contributed by atoms with Crippen LogP contribution < -0.4 is 4.74 Å². The molecule has 3 saturated heterocycles. The lowest BCUT2D eigenvalue weighted by atomic mass is 9.66. The van der Waals surface area contributed by atoms with E-state index in [0.717, 1.165) is 22.8 Å². The molecular formula is C18H21ClN4O. The largest absolute Gasteiger partial charge is 0.488 e. The molecule has 0 spiro atoms. The van der Waals surface area contributed by atoms with E-state index in [4.69, 9.17) is 4.74 Å². The number of aromatic nitrogens is 3. The molecule has 2 aromatic rings. The van der Waals surface area contributed by atoms with Crippen LogP contribution in [0.25, 0.3) is 11.1 Å². The third-order valence-electron chi connectivity index (χ3n) is 5.58. The smallest absolute Gasteiger partial charge is 0.138 e. The van der Waals surface area contributed by atoms with E-state index >= 15 is 0 Å². The summed E-state index contributed by atoms with van der Waals surface area (Å²) in [5, 5.41) is 0. The quantitative estimate of drug-likeness (QED) is 0.856. The van der Waals surface area contributed by atoms with Crippen molar-refractivity contribution in [3.8, 4) is 16.9 Å². The van der Waals surface area contributed by atoms with Crippen LogP contribution in [0.1, 0.15) is 12.8 Å². The Balaban J connectivity index is 0.00000146. The second-order valence-corrected chi connectivity index (χ2v) is 7.20. The molecule has 4 bridgehead atoms. The van der Waals surface area contributed by atoms with Gasteiger partial charge in [-0.15, -0.1) is 12.4 Å². The first-order valence-corrected chi connectivity index (χ1v) is 8.44. The predicted octanol–water partition coefficient (Wildman–Crippen LogP) is 2.68. The molecule has 24 heavy (non-hydrogen) atoms. The third-order valence-corrected chi connectivity index (χ3v) is 5.58. The lowest BCUT2D eigenvalue weighted by Crippen LogP contribution is -2.61. The molecule has 0 aromatic carbocycles. The van der Waals surface area contributed by atoms with Crippen molar-refractivity contribution in [3.63, 3.8) is 0 Å². The van der Waals surface area contributed by atoms with E-state index in [1.54, 1.807) is 6.33 Å². The van der Waals surface area contributed by atoms with Gasteiger partial charge in [0.25, 0.3) is 0 Å². The maximum absolute atomic E-state index is 6.42. The summed E-state index contributed by atoms with van der Waals surface area (Å²) in [6, 6.07) is 2.07. The Morgan fingerprint density at radius 1 is 0.875 bits per heavy atom. The van der Waals surface area contributed by atoms with E-state index in [9.17, 15) is 0 Å². The highest BCUT2D eigenvalue weighted by atomic mass is 35.5. The van der Waals surface area contributed by atoms with Gasteiger partial charge in [0.2, 0.25) is 0 Å². The Bertz CT molecular complexity index is 683. The van der Waals surface area contributed by atoms with E-state index in [0.29, 0.717) is 17.9 Å². The molecule has 4 aliphatic rings. The molecule has 5 heterocycles. The minimum Gasteiger partial charge on any atom is -0.488 e. The third kappa shape index (κ3) is 2.76. The summed E-state index contributed by atoms with van der Waals surface area (Å²) in [7, 11) is 0. The Morgan fingerprint density at radius 3 is 2.29 bits per heavy atom. The van der Waals surface area contributed by atoms with Crippen LogP contribution in [0.2, 0.25) is 0 Å². The van der Waals surface area contributed by atoms with Crippen molar-refractivity contribution in [1.29, 1.82) is 0 Å².